The van der Waals surface area contributed by atoms with Crippen molar-refractivity contribution in [3.8, 4) is 0 Å². The Morgan fingerprint density at radius 1 is 0.455 bits per heavy atom. The lowest BCUT2D eigenvalue weighted by molar-refractivity contribution is 0.111. The minimum atomic E-state index is 0.677. The number of carbonyl (C=O) groups is 2. The molecule has 108 valence electrons. The Kier molecular flexibility index (Phi) is 5.82. The van der Waals surface area contributed by atoms with Gasteiger partial charge in [0.25, 0.3) is 0 Å². The Bertz CT molecular complexity index is 639. The van der Waals surface area contributed by atoms with Crippen LogP contribution in [0.4, 0.5) is 0 Å². The van der Waals surface area contributed by atoms with Crippen molar-refractivity contribution >= 4 is 24.7 Å². The summed E-state index contributed by atoms with van der Waals surface area (Å²) in [7, 11) is 0. The van der Waals surface area contributed by atoms with Crippen LogP contribution in [0.15, 0.2) is 72.8 Å². The molecule has 2 nitrogen and oxygen atoms in total. The van der Waals surface area contributed by atoms with E-state index in [1.807, 2.05) is 60.7 Å². The lowest BCUT2D eigenvalue weighted by Crippen LogP contribution is -1.78. The summed E-state index contributed by atoms with van der Waals surface area (Å²) in [6.07, 6.45) is 13.4. The summed E-state index contributed by atoms with van der Waals surface area (Å²) in [6, 6.07) is 14.8. The third-order valence-electron chi connectivity index (χ3n) is 3.06. The monoisotopic (exact) mass is 288 g/mol. The number of benzene rings is 2. The number of aldehydes is 2. The second-order valence-corrected chi connectivity index (χ2v) is 4.67. The van der Waals surface area contributed by atoms with Crippen molar-refractivity contribution in [3.63, 3.8) is 0 Å². The van der Waals surface area contributed by atoms with E-state index in [2.05, 4.69) is 0 Å². The molecule has 0 amide bonds. The third-order valence-corrected chi connectivity index (χ3v) is 3.06. The Labute approximate surface area is 130 Å². The van der Waals surface area contributed by atoms with E-state index in [-0.39, 0.29) is 0 Å². The summed E-state index contributed by atoms with van der Waals surface area (Å²) < 4.78 is 0. The van der Waals surface area contributed by atoms with Gasteiger partial charge in [0.2, 0.25) is 0 Å². The maximum Gasteiger partial charge on any atom is 0.150 e. The van der Waals surface area contributed by atoms with Crippen LogP contribution in [0.25, 0.3) is 12.2 Å². The molecule has 0 aliphatic carbocycles. The van der Waals surface area contributed by atoms with Gasteiger partial charge in [0.1, 0.15) is 12.6 Å². The summed E-state index contributed by atoms with van der Waals surface area (Å²) in [4.78, 5) is 21.1. The fourth-order valence-corrected chi connectivity index (χ4v) is 1.83. The topological polar surface area (TPSA) is 34.1 Å². The van der Waals surface area contributed by atoms with Gasteiger partial charge >= 0.3 is 0 Å². The van der Waals surface area contributed by atoms with Crippen molar-refractivity contribution in [2.75, 3.05) is 0 Å². The van der Waals surface area contributed by atoms with Crippen molar-refractivity contribution in [1.82, 2.24) is 0 Å². The fraction of sp³-hybridized carbons (Fsp3) is 0. The lowest BCUT2D eigenvalue weighted by atomic mass is 10.1. The van der Waals surface area contributed by atoms with Gasteiger partial charge in [-0.3, -0.25) is 9.59 Å². The van der Waals surface area contributed by atoms with E-state index < -0.39 is 0 Å². The number of carbonyl (C=O) groups excluding carboxylic acids is 2. The molecule has 0 radical (unpaired) electrons. The van der Waals surface area contributed by atoms with E-state index in [9.17, 15) is 9.59 Å². The van der Waals surface area contributed by atoms with E-state index in [1.165, 1.54) is 0 Å². The van der Waals surface area contributed by atoms with Crippen LogP contribution in [0, 0.1) is 0 Å². The normalized spacial score (nSPS) is 11.5. The van der Waals surface area contributed by atoms with E-state index >= 15 is 0 Å². The van der Waals surface area contributed by atoms with Crippen molar-refractivity contribution in [1.29, 1.82) is 0 Å². The SMILES string of the molecule is O=Cc1ccc(\C=C/C=C/C=C/c2ccc(C=O)cc2)cc1. The van der Waals surface area contributed by atoms with Crippen LogP contribution in [-0.4, -0.2) is 12.6 Å². The largest absolute Gasteiger partial charge is 0.298 e. The zero-order valence-electron chi connectivity index (χ0n) is 12.1. The standard InChI is InChI=1S/C20H16O2/c21-15-19-11-7-17(8-12-19)5-3-1-2-4-6-18-9-13-20(16-22)14-10-18/h1-16H/b2-1+,5-3-,6-4+. The van der Waals surface area contributed by atoms with Gasteiger partial charge in [-0.05, 0) is 11.1 Å². The van der Waals surface area contributed by atoms with Gasteiger partial charge in [-0.1, -0.05) is 85.0 Å². The first kappa shape index (κ1) is 15.4. The predicted octanol–water partition coefficient (Wildman–Crippen LogP) is 4.59. The highest BCUT2D eigenvalue weighted by molar-refractivity contribution is 5.75. The quantitative estimate of drug-likeness (QED) is 0.575. The number of rotatable bonds is 6. The molecule has 2 aromatic rings. The van der Waals surface area contributed by atoms with E-state index in [1.54, 1.807) is 24.3 Å². The molecular formula is C20H16O2. The smallest absolute Gasteiger partial charge is 0.150 e. The summed E-state index contributed by atoms with van der Waals surface area (Å²) in [5, 5.41) is 0. The molecule has 0 heterocycles. The molecule has 2 heteroatoms. The molecule has 0 aliphatic heterocycles. The van der Waals surface area contributed by atoms with E-state index in [0.29, 0.717) is 11.1 Å². The number of allylic oxidation sites excluding steroid dienone is 4. The molecule has 0 aliphatic rings. The molecule has 0 N–H and O–H groups in total. The zero-order valence-corrected chi connectivity index (χ0v) is 12.1. The van der Waals surface area contributed by atoms with Crippen LogP contribution in [-0.2, 0) is 0 Å². The maximum atomic E-state index is 10.5. The van der Waals surface area contributed by atoms with Gasteiger partial charge in [0, 0.05) is 11.1 Å². The first-order valence-electron chi connectivity index (χ1n) is 6.94. The lowest BCUT2D eigenvalue weighted by Gasteiger charge is -1.93. The summed E-state index contributed by atoms with van der Waals surface area (Å²) >= 11 is 0. The minimum Gasteiger partial charge on any atom is -0.298 e. The number of hydrogen-bond acceptors (Lipinski definition) is 2. The molecule has 0 fully saturated rings. The van der Waals surface area contributed by atoms with Crippen molar-refractivity contribution in [2.24, 2.45) is 0 Å². The van der Waals surface area contributed by atoms with Crippen molar-refractivity contribution < 1.29 is 9.59 Å². The van der Waals surface area contributed by atoms with Crippen LogP contribution in [0.1, 0.15) is 31.8 Å². The zero-order chi connectivity index (χ0) is 15.6. The Hall–Kier alpha value is -3.00. The van der Waals surface area contributed by atoms with Crippen LogP contribution < -0.4 is 0 Å². The molecule has 0 atom stereocenters. The first-order chi connectivity index (χ1) is 10.8. The van der Waals surface area contributed by atoms with Gasteiger partial charge in [0.05, 0.1) is 0 Å². The Morgan fingerprint density at radius 2 is 0.773 bits per heavy atom. The molecule has 22 heavy (non-hydrogen) atoms. The van der Waals surface area contributed by atoms with Crippen LogP contribution >= 0.6 is 0 Å². The fourth-order valence-electron chi connectivity index (χ4n) is 1.83. The second kappa shape index (κ2) is 8.32. The van der Waals surface area contributed by atoms with Gasteiger partial charge < -0.3 is 0 Å². The Morgan fingerprint density at radius 3 is 1.09 bits per heavy atom. The molecule has 0 spiro atoms. The summed E-state index contributed by atoms with van der Waals surface area (Å²) in [5.74, 6) is 0. The van der Waals surface area contributed by atoms with Crippen molar-refractivity contribution in [3.05, 3.63) is 95.1 Å². The third kappa shape index (κ3) is 4.84. The second-order valence-electron chi connectivity index (χ2n) is 4.67. The van der Waals surface area contributed by atoms with Crippen molar-refractivity contribution in [2.45, 2.75) is 0 Å². The molecule has 2 aromatic carbocycles. The summed E-state index contributed by atoms with van der Waals surface area (Å²) in [5.41, 5.74) is 3.44. The van der Waals surface area contributed by atoms with Gasteiger partial charge in [-0.2, -0.15) is 0 Å². The van der Waals surface area contributed by atoms with Gasteiger partial charge in [0.15, 0.2) is 0 Å². The number of hydrogen-bond donors (Lipinski definition) is 0. The first-order valence-corrected chi connectivity index (χ1v) is 6.94. The highest BCUT2D eigenvalue weighted by Crippen LogP contribution is 2.06. The molecule has 0 unspecified atom stereocenters. The van der Waals surface area contributed by atoms with E-state index in [4.69, 9.17) is 0 Å². The molecule has 0 bridgehead atoms. The average Bonchev–Trinajstić information content (AvgIpc) is 2.59. The minimum absolute atomic E-state index is 0.677. The van der Waals surface area contributed by atoms with Crippen LogP contribution in [0.3, 0.4) is 0 Å². The highest BCUT2D eigenvalue weighted by atomic mass is 16.1. The predicted molar refractivity (Wildman–Crippen MR) is 90.9 cm³/mol. The molecular weight excluding hydrogens is 272 g/mol. The summed E-state index contributed by atoms with van der Waals surface area (Å²) in [6.45, 7) is 0. The Balaban J connectivity index is 1.88. The van der Waals surface area contributed by atoms with Crippen LogP contribution in [0.2, 0.25) is 0 Å². The maximum absolute atomic E-state index is 10.5. The molecule has 0 saturated heterocycles. The van der Waals surface area contributed by atoms with Crippen LogP contribution in [0.5, 0.6) is 0 Å². The van der Waals surface area contributed by atoms with Gasteiger partial charge in [-0.15, -0.1) is 0 Å². The molecule has 2 rings (SSSR count). The van der Waals surface area contributed by atoms with E-state index in [0.717, 1.165) is 23.7 Å². The molecule has 0 saturated carbocycles. The molecule has 0 aromatic heterocycles. The average molecular weight is 288 g/mol. The highest BCUT2D eigenvalue weighted by Gasteiger charge is 1.89. The van der Waals surface area contributed by atoms with Gasteiger partial charge in [-0.25, -0.2) is 0 Å².